The van der Waals surface area contributed by atoms with Gasteiger partial charge in [0.25, 0.3) is 0 Å². The Kier molecular flexibility index (Phi) is 3.26. The van der Waals surface area contributed by atoms with Crippen molar-refractivity contribution in [2.45, 2.75) is 25.7 Å². The molecule has 104 valence electrons. The first-order valence-corrected chi connectivity index (χ1v) is 6.85. The Bertz CT molecular complexity index is 625. The third-order valence-corrected chi connectivity index (χ3v) is 3.40. The Labute approximate surface area is 117 Å². The lowest BCUT2D eigenvalue weighted by Gasteiger charge is -2.22. The largest absolute Gasteiger partial charge is 0.384 e. The van der Waals surface area contributed by atoms with Gasteiger partial charge in [0.15, 0.2) is 0 Å². The molecule has 2 N–H and O–H groups in total. The Morgan fingerprint density at radius 2 is 2.10 bits per heavy atom. The van der Waals surface area contributed by atoms with Crippen molar-refractivity contribution in [3.63, 3.8) is 0 Å². The zero-order valence-electron chi connectivity index (χ0n) is 11.4. The van der Waals surface area contributed by atoms with E-state index in [1.54, 1.807) is 12.1 Å². The zero-order valence-corrected chi connectivity index (χ0v) is 11.4. The fraction of sp³-hybridized carbons (Fsp3) is 0.333. The molecule has 0 bridgehead atoms. The molecule has 1 aliphatic rings. The summed E-state index contributed by atoms with van der Waals surface area (Å²) in [4.78, 5) is 10.8. The van der Waals surface area contributed by atoms with Crippen LogP contribution in [0.5, 0.6) is 0 Å². The maximum atomic E-state index is 13.4. The molecule has 1 aromatic heterocycles. The van der Waals surface area contributed by atoms with Gasteiger partial charge >= 0.3 is 0 Å². The number of anilines is 3. The quantitative estimate of drug-likeness (QED) is 0.928. The summed E-state index contributed by atoms with van der Waals surface area (Å²) < 4.78 is 13.4. The molecular weight excluding hydrogens is 255 g/mol. The number of halogens is 1. The monoisotopic (exact) mass is 272 g/mol. The second-order valence-corrected chi connectivity index (χ2v) is 5.01. The molecule has 1 saturated carbocycles. The summed E-state index contributed by atoms with van der Waals surface area (Å²) in [6.07, 6.45) is 2.24. The summed E-state index contributed by atoms with van der Waals surface area (Å²) >= 11 is 0. The van der Waals surface area contributed by atoms with Crippen molar-refractivity contribution in [1.82, 2.24) is 9.97 Å². The highest BCUT2D eigenvalue weighted by Gasteiger charge is 2.27. The minimum atomic E-state index is -0.259. The number of nitrogens with two attached hydrogens (primary N) is 1. The van der Waals surface area contributed by atoms with Crippen molar-refractivity contribution < 1.29 is 4.39 Å². The average Bonchev–Trinajstić information content (AvgIpc) is 3.23. The lowest BCUT2D eigenvalue weighted by molar-refractivity contribution is 0.627. The van der Waals surface area contributed by atoms with Crippen LogP contribution in [0, 0.1) is 5.82 Å². The van der Waals surface area contributed by atoms with E-state index in [4.69, 9.17) is 5.73 Å². The Morgan fingerprint density at radius 3 is 2.75 bits per heavy atom. The van der Waals surface area contributed by atoms with Gasteiger partial charge in [0.1, 0.15) is 23.3 Å². The Morgan fingerprint density at radius 1 is 1.30 bits per heavy atom. The number of hydrogen-bond acceptors (Lipinski definition) is 4. The standard InChI is InChI=1S/C15H17FN4/c1-2-20(12-5-3-4-11(16)8-12)14-9-13(17)18-15(19-14)10-6-7-10/h3-5,8-10H,2,6-7H2,1H3,(H2,17,18,19). The van der Waals surface area contributed by atoms with Crippen LogP contribution in [-0.4, -0.2) is 16.5 Å². The smallest absolute Gasteiger partial charge is 0.138 e. The SMILES string of the molecule is CCN(c1cccc(F)c1)c1cc(N)nc(C2CC2)n1. The number of nitrogens with zero attached hydrogens (tertiary/aromatic N) is 3. The predicted molar refractivity (Wildman–Crippen MR) is 77.5 cm³/mol. The van der Waals surface area contributed by atoms with Crippen molar-refractivity contribution in [3.8, 4) is 0 Å². The highest BCUT2D eigenvalue weighted by atomic mass is 19.1. The van der Waals surface area contributed by atoms with E-state index in [1.807, 2.05) is 17.9 Å². The fourth-order valence-corrected chi connectivity index (χ4v) is 2.25. The fourth-order valence-electron chi connectivity index (χ4n) is 2.25. The molecule has 0 unspecified atom stereocenters. The summed E-state index contributed by atoms with van der Waals surface area (Å²) in [5.74, 6) is 2.17. The van der Waals surface area contributed by atoms with Gasteiger partial charge in [0, 0.05) is 24.2 Å². The predicted octanol–water partition coefficient (Wildman–Crippen LogP) is 3.23. The van der Waals surface area contributed by atoms with Crippen LogP contribution in [0.25, 0.3) is 0 Å². The Balaban J connectivity index is 2.00. The lowest BCUT2D eigenvalue weighted by atomic mass is 10.2. The van der Waals surface area contributed by atoms with Crippen molar-refractivity contribution in [3.05, 3.63) is 42.0 Å². The molecule has 0 amide bonds. The number of benzene rings is 1. The lowest BCUT2D eigenvalue weighted by Crippen LogP contribution is -2.19. The minimum absolute atomic E-state index is 0.259. The molecule has 4 nitrogen and oxygen atoms in total. The molecule has 1 aliphatic carbocycles. The van der Waals surface area contributed by atoms with Gasteiger partial charge < -0.3 is 10.6 Å². The molecule has 5 heteroatoms. The number of hydrogen-bond donors (Lipinski definition) is 1. The van der Waals surface area contributed by atoms with Crippen LogP contribution in [0.3, 0.4) is 0 Å². The normalized spacial score (nSPS) is 14.3. The van der Waals surface area contributed by atoms with Gasteiger partial charge in [0.05, 0.1) is 0 Å². The zero-order chi connectivity index (χ0) is 14.1. The summed E-state index contributed by atoms with van der Waals surface area (Å²) in [5, 5.41) is 0. The molecule has 3 rings (SSSR count). The van der Waals surface area contributed by atoms with Crippen molar-refractivity contribution in [2.24, 2.45) is 0 Å². The minimum Gasteiger partial charge on any atom is -0.384 e. The average molecular weight is 272 g/mol. The number of rotatable bonds is 4. The van der Waals surface area contributed by atoms with Gasteiger partial charge in [-0.3, -0.25) is 0 Å². The molecule has 1 aromatic carbocycles. The van der Waals surface area contributed by atoms with Crippen LogP contribution < -0.4 is 10.6 Å². The van der Waals surface area contributed by atoms with Crippen LogP contribution in [0.2, 0.25) is 0 Å². The van der Waals surface area contributed by atoms with Crippen LogP contribution in [0.4, 0.5) is 21.7 Å². The van der Waals surface area contributed by atoms with Crippen molar-refractivity contribution in [2.75, 3.05) is 17.2 Å². The molecular formula is C15H17FN4. The van der Waals surface area contributed by atoms with E-state index in [9.17, 15) is 4.39 Å². The Hall–Kier alpha value is -2.17. The molecule has 0 spiro atoms. The summed E-state index contributed by atoms with van der Waals surface area (Å²) in [6.45, 7) is 2.68. The van der Waals surface area contributed by atoms with Gasteiger partial charge in [-0.1, -0.05) is 6.07 Å². The van der Waals surface area contributed by atoms with Crippen LogP contribution >= 0.6 is 0 Å². The van der Waals surface area contributed by atoms with Crippen LogP contribution in [-0.2, 0) is 0 Å². The number of nitrogen functional groups attached to an aromatic ring is 1. The number of aromatic nitrogens is 2. The van der Waals surface area contributed by atoms with Crippen molar-refractivity contribution >= 4 is 17.3 Å². The van der Waals surface area contributed by atoms with Crippen LogP contribution in [0.1, 0.15) is 31.5 Å². The summed E-state index contributed by atoms with van der Waals surface area (Å²) in [5.41, 5.74) is 6.64. The molecule has 2 aromatic rings. The van der Waals surface area contributed by atoms with E-state index in [2.05, 4.69) is 9.97 Å². The van der Waals surface area contributed by atoms with E-state index < -0.39 is 0 Å². The second-order valence-electron chi connectivity index (χ2n) is 5.01. The first-order valence-electron chi connectivity index (χ1n) is 6.85. The third-order valence-electron chi connectivity index (χ3n) is 3.40. The second kappa shape index (κ2) is 5.07. The molecule has 0 atom stereocenters. The van der Waals surface area contributed by atoms with Gasteiger partial charge in [-0.05, 0) is 38.0 Å². The van der Waals surface area contributed by atoms with E-state index in [-0.39, 0.29) is 5.82 Å². The maximum Gasteiger partial charge on any atom is 0.138 e. The summed E-state index contributed by atoms with van der Waals surface area (Å²) in [7, 11) is 0. The van der Waals surface area contributed by atoms with Crippen molar-refractivity contribution in [1.29, 1.82) is 0 Å². The molecule has 1 fully saturated rings. The van der Waals surface area contributed by atoms with E-state index >= 15 is 0 Å². The third kappa shape index (κ3) is 2.57. The molecule has 0 saturated heterocycles. The molecule has 1 heterocycles. The molecule has 0 aliphatic heterocycles. The van der Waals surface area contributed by atoms with E-state index in [1.165, 1.54) is 12.1 Å². The van der Waals surface area contributed by atoms with Gasteiger partial charge in [-0.2, -0.15) is 0 Å². The summed E-state index contributed by atoms with van der Waals surface area (Å²) in [6, 6.07) is 8.22. The first-order chi connectivity index (χ1) is 9.67. The van der Waals surface area contributed by atoms with E-state index in [0.29, 0.717) is 18.3 Å². The highest BCUT2D eigenvalue weighted by Crippen LogP contribution is 2.39. The van der Waals surface area contributed by atoms with Gasteiger partial charge in [0.2, 0.25) is 0 Å². The molecule has 20 heavy (non-hydrogen) atoms. The maximum absolute atomic E-state index is 13.4. The first kappa shape index (κ1) is 12.8. The van der Waals surface area contributed by atoms with Gasteiger partial charge in [-0.25, -0.2) is 14.4 Å². The van der Waals surface area contributed by atoms with Gasteiger partial charge in [-0.15, -0.1) is 0 Å². The van der Waals surface area contributed by atoms with Crippen LogP contribution in [0.15, 0.2) is 30.3 Å². The topological polar surface area (TPSA) is 55.0 Å². The highest BCUT2D eigenvalue weighted by molar-refractivity contribution is 5.62. The van der Waals surface area contributed by atoms with E-state index in [0.717, 1.165) is 30.2 Å². The molecule has 0 radical (unpaired) electrons.